The lowest BCUT2D eigenvalue weighted by atomic mass is 10.1. The number of aromatic nitrogens is 2. The maximum atomic E-state index is 12.3. The molecule has 1 atom stereocenters. The summed E-state index contributed by atoms with van der Waals surface area (Å²) in [6.45, 7) is 2.13. The monoisotopic (exact) mass is 354 g/mol. The third-order valence-corrected chi connectivity index (χ3v) is 4.09. The van der Waals surface area contributed by atoms with Gasteiger partial charge in [-0.15, -0.1) is 0 Å². The van der Waals surface area contributed by atoms with Gasteiger partial charge in [0.2, 0.25) is 0 Å². The first-order valence-electron chi connectivity index (χ1n) is 8.63. The lowest BCUT2D eigenvalue weighted by Crippen LogP contribution is -2.16. The fourth-order valence-electron chi connectivity index (χ4n) is 2.67. The van der Waals surface area contributed by atoms with Crippen LogP contribution in [0, 0.1) is 11.3 Å². The Morgan fingerprint density at radius 2 is 2.00 bits per heavy atom. The number of nitriles is 1. The summed E-state index contributed by atoms with van der Waals surface area (Å²) in [5.74, 6) is -1.44. The predicted octanol–water partition coefficient (Wildman–Crippen LogP) is 3.87. The Hall–Kier alpha value is -3.14. The first kappa shape index (κ1) is 19.2. The summed E-state index contributed by atoms with van der Waals surface area (Å²) >= 11 is 0. The van der Waals surface area contributed by atoms with E-state index in [0.29, 0.717) is 0 Å². The lowest BCUT2D eigenvalue weighted by molar-refractivity contribution is 0.0692. The number of aromatic carboxylic acids is 1. The van der Waals surface area contributed by atoms with Gasteiger partial charge in [-0.3, -0.25) is 4.79 Å². The number of amides is 1. The number of hydrogen-bond donors (Lipinski definition) is 2. The number of unbranched alkanes of at least 4 members (excludes halogenated alkanes) is 3. The zero-order valence-electron chi connectivity index (χ0n) is 14.7. The number of carbonyl (C=O) groups excluding carboxylic acids is 1. The Morgan fingerprint density at radius 3 is 2.65 bits per heavy atom. The number of hydrogen-bond acceptors (Lipinski definition) is 4. The molecule has 26 heavy (non-hydrogen) atoms. The van der Waals surface area contributed by atoms with Crippen LogP contribution in [0.2, 0.25) is 0 Å². The zero-order valence-corrected chi connectivity index (χ0v) is 14.7. The predicted molar refractivity (Wildman–Crippen MR) is 97.0 cm³/mol. The van der Waals surface area contributed by atoms with Crippen LogP contribution in [-0.4, -0.2) is 26.5 Å². The number of carbonyl (C=O) groups is 2. The summed E-state index contributed by atoms with van der Waals surface area (Å²) in [7, 11) is 0. The number of nitrogens with zero attached hydrogens (tertiary/aromatic N) is 3. The van der Waals surface area contributed by atoms with Crippen LogP contribution in [0.4, 0.5) is 5.82 Å². The molecule has 0 aliphatic heterocycles. The first-order valence-corrected chi connectivity index (χ1v) is 8.63. The molecular formula is C19H22N4O3. The maximum absolute atomic E-state index is 12.3. The summed E-state index contributed by atoms with van der Waals surface area (Å²) in [6, 6.07) is 7.89. The van der Waals surface area contributed by atoms with Crippen molar-refractivity contribution in [3.63, 3.8) is 0 Å². The van der Waals surface area contributed by atoms with Crippen LogP contribution in [0.3, 0.4) is 0 Å². The minimum Gasteiger partial charge on any atom is -0.478 e. The molecule has 1 aromatic carbocycles. The van der Waals surface area contributed by atoms with E-state index in [1.807, 2.05) is 0 Å². The Morgan fingerprint density at radius 1 is 1.27 bits per heavy atom. The van der Waals surface area contributed by atoms with Crippen LogP contribution in [-0.2, 0) is 0 Å². The molecule has 0 aliphatic carbocycles. The smallest absolute Gasteiger partial charge is 0.336 e. The number of nitrogens with one attached hydrogen (secondary N) is 1. The van der Waals surface area contributed by atoms with Crippen LogP contribution >= 0.6 is 0 Å². The van der Waals surface area contributed by atoms with Crippen molar-refractivity contribution in [2.24, 2.45) is 0 Å². The topological polar surface area (TPSA) is 108 Å². The molecule has 2 aromatic rings. The first-order chi connectivity index (χ1) is 12.6. The quantitative estimate of drug-likeness (QED) is 0.665. The summed E-state index contributed by atoms with van der Waals surface area (Å²) in [6.07, 6.45) is 8.14. The van der Waals surface area contributed by atoms with Gasteiger partial charge in [0.15, 0.2) is 5.82 Å². The second-order valence-corrected chi connectivity index (χ2v) is 6.01. The van der Waals surface area contributed by atoms with E-state index in [-0.39, 0.29) is 23.0 Å². The minimum atomic E-state index is -1.17. The molecule has 0 fully saturated rings. The molecule has 1 unspecified atom stereocenters. The molecule has 0 radical (unpaired) electrons. The van der Waals surface area contributed by atoms with Crippen molar-refractivity contribution in [2.75, 3.05) is 5.32 Å². The highest BCUT2D eigenvalue weighted by Gasteiger charge is 2.17. The Bertz CT molecular complexity index is 807. The van der Waals surface area contributed by atoms with Crippen LogP contribution in [0.5, 0.6) is 0 Å². The van der Waals surface area contributed by atoms with Crippen LogP contribution < -0.4 is 5.32 Å². The molecule has 7 heteroatoms. The van der Waals surface area contributed by atoms with E-state index in [1.165, 1.54) is 18.5 Å². The van der Waals surface area contributed by atoms with Crippen molar-refractivity contribution in [1.82, 2.24) is 9.55 Å². The summed E-state index contributed by atoms with van der Waals surface area (Å²) in [5.41, 5.74) is -0.0128. The second-order valence-electron chi connectivity index (χ2n) is 6.01. The number of anilines is 1. The molecule has 1 heterocycles. The largest absolute Gasteiger partial charge is 0.478 e. The highest BCUT2D eigenvalue weighted by Crippen LogP contribution is 2.18. The van der Waals surface area contributed by atoms with Crippen molar-refractivity contribution in [3.05, 3.63) is 47.9 Å². The molecule has 0 saturated heterocycles. The van der Waals surface area contributed by atoms with Crippen LogP contribution in [0.1, 0.15) is 65.8 Å². The average Bonchev–Trinajstić information content (AvgIpc) is 3.10. The number of benzene rings is 1. The molecule has 1 amide bonds. The van der Waals surface area contributed by atoms with Gasteiger partial charge in [0, 0.05) is 6.20 Å². The highest BCUT2D eigenvalue weighted by atomic mass is 16.4. The van der Waals surface area contributed by atoms with Crippen molar-refractivity contribution in [1.29, 1.82) is 5.26 Å². The standard InChI is InChI=1S/C19H22N4O3/c1-2-3-4-5-8-14(11-20)23-12-17(21-13-23)22-18(24)15-9-6-7-10-16(15)19(25)26/h6-7,9-10,12-14H,2-5,8H2,1H3,(H,22,24)(H,25,26). The van der Waals surface area contributed by atoms with Gasteiger partial charge >= 0.3 is 5.97 Å². The molecule has 2 N–H and O–H groups in total. The van der Waals surface area contributed by atoms with Gasteiger partial charge in [0.05, 0.1) is 23.5 Å². The second kappa shape index (κ2) is 9.37. The molecule has 0 saturated carbocycles. The summed E-state index contributed by atoms with van der Waals surface area (Å²) in [5, 5.41) is 21.1. The van der Waals surface area contributed by atoms with E-state index in [2.05, 4.69) is 23.3 Å². The Labute approximate surface area is 152 Å². The molecule has 136 valence electrons. The Kier molecular flexibility index (Phi) is 6.92. The fourth-order valence-corrected chi connectivity index (χ4v) is 2.67. The van der Waals surface area contributed by atoms with Gasteiger partial charge in [0.1, 0.15) is 6.04 Å². The summed E-state index contributed by atoms with van der Waals surface area (Å²) in [4.78, 5) is 27.7. The van der Waals surface area contributed by atoms with Crippen LogP contribution in [0.25, 0.3) is 0 Å². The minimum absolute atomic E-state index is 0.0611. The van der Waals surface area contributed by atoms with Crippen LogP contribution in [0.15, 0.2) is 36.8 Å². The van der Waals surface area contributed by atoms with Gasteiger partial charge in [-0.2, -0.15) is 5.26 Å². The molecule has 0 aliphatic rings. The van der Waals surface area contributed by atoms with Gasteiger partial charge in [-0.05, 0) is 18.6 Å². The normalized spacial score (nSPS) is 11.5. The number of carboxylic acid groups (broad SMARTS) is 1. The molecule has 2 rings (SSSR count). The number of rotatable bonds is 9. The van der Waals surface area contributed by atoms with Crippen molar-refractivity contribution in [3.8, 4) is 6.07 Å². The lowest BCUT2D eigenvalue weighted by Gasteiger charge is -2.09. The third kappa shape index (κ3) is 4.93. The van der Waals surface area contributed by atoms with E-state index < -0.39 is 11.9 Å². The maximum Gasteiger partial charge on any atom is 0.336 e. The van der Waals surface area contributed by atoms with E-state index >= 15 is 0 Å². The van der Waals surface area contributed by atoms with E-state index in [1.54, 1.807) is 22.9 Å². The third-order valence-electron chi connectivity index (χ3n) is 4.09. The van der Waals surface area contributed by atoms with E-state index in [0.717, 1.165) is 32.1 Å². The van der Waals surface area contributed by atoms with Crippen molar-refractivity contribution >= 4 is 17.7 Å². The molecular weight excluding hydrogens is 332 g/mol. The highest BCUT2D eigenvalue weighted by molar-refractivity contribution is 6.10. The van der Waals surface area contributed by atoms with E-state index in [4.69, 9.17) is 0 Å². The fraction of sp³-hybridized carbons (Fsp3) is 0.368. The number of carboxylic acids is 1. The summed E-state index contributed by atoms with van der Waals surface area (Å²) < 4.78 is 1.67. The molecule has 0 bridgehead atoms. The molecule has 0 spiro atoms. The average molecular weight is 354 g/mol. The SMILES string of the molecule is CCCCCCC(C#N)n1cnc(NC(=O)c2ccccc2C(=O)O)c1. The van der Waals surface area contributed by atoms with Crippen molar-refractivity contribution in [2.45, 2.75) is 45.1 Å². The van der Waals surface area contributed by atoms with E-state index in [9.17, 15) is 20.0 Å². The molecule has 1 aromatic heterocycles. The van der Waals surface area contributed by atoms with Gasteiger partial charge < -0.3 is 15.0 Å². The zero-order chi connectivity index (χ0) is 18.9. The van der Waals surface area contributed by atoms with Gasteiger partial charge in [0.25, 0.3) is 5.91 Å². The number of imidazole rings is 1. The van der Waals surface area contributed by atoms with Crippen molar-refractivity contribution < 1.29 is 14.7 Å². The van der Waals surface area contributed by atoms with Gasteiger partial charge in [-0.25, -0.2) is 9.78 Å². The van der Waals surface area contributed by atoms with Gasteiger partial charge in [-0.1, -0.05) is 44.7 Å². The molecule has 7 nitrogen and oxygen atoms in total. The Balaban J connectivity index is 2.05.